The van der Waals surface area contributed by atoms with E-state index in [9.17, 15) is 4.39 Å². The highest BCUT2D eigenvalue weighted by atomic mass is 32.1. The van der Waals surface area contributed by atoms with Crippen molar-refractivity contribution < 1.29 is 4.39 Å². The van der Waals surface area contributed by atoms with Gasteiger partial charge in [0.25, 0.3) is 0 Å². The molecule has 0 amide bonds. The van der Waals surface area contributed by atoms with Crippen LogP contribution >= 0.6 is 11.3 Å². The quantitative estimate of drug-likeness (QED) is 0.895. The summed E-state index contributed by atoms with van der Waals surface area (Å²) in [5, 5.41) is 6.42. The molecule has 0 aliphatic rings. The van der Waals surface area contributed by atoms with Gasteiger partial charge in [-0.3, -0.25) is 0 Å². The maximum Gasteiger partial charge on any atom is 0.123 e. The van der Waals surface area contributed by atoms with E-state index in [2.05, 4.69) is 29.5 Å². The molecule has 1 aromatic heterocycles. The van der Waals surface area contributed by atoms with Crippen LogP contribution in [0.4, 0.5) is 4.39 Å². The third kappa shape index (κ3) is 3.89. The Morgan fingerprint density at radius 1 is 1.39 bits per heavy atom. The first-order valence-electron chi connectivity index (χ1n) is 6.04. The summed E-state index contributed by atoms with van der Waals surface area (Å²) in [6.07, 6.45) is 0.699. The molecule has 2 aromatic rings. The van der Waals surface area contributed by atoms with Crippen LogP contribution in [-0.4, -0.2) is 11.0 Å². The van der Waals surface area contributed by atoms with Crippen LogP contribution in [0.2, 0.25) is 0 Å². The predicted molar refractivity (Wildman–Crippen MR) is 73.3 cm³/mol. The van der Waals surface area contributed by atoms with Gasteiger partial charge in [0, 0.05) is 24.4 Å². The molecule has 0 unspecified atom stereocenters. The third-order valence-electron chi connectivity index (χ3n) is 2.54. The van der Waals surface area contributed by atoms with Crippen molar-refractivity contribution in [2.75, 3.05) is 0 Å². The molecule has 2 rings (SSSR count). The second kappa shape index (κ2) is 6.07. The Morgan fingerprint density at radius 2 is 2.22 bits per heavy atom. The van der Waals surface area contributed by atoms with Gasteiger partial charge in [-0.25, -0.2) is 9.37 Å². The van der Waals surface area contributed by atoms with Crippen LogP contribution in [0.1, 0.15) is 30.1 Å². The van der Waals surface area contributed by atoms with Gasteiger partial charge in [0.15, 0.2) is 0 Å². The van der Waals surface area contributed by atoms with Crippen LogP contribution in [0.25, 0.3) is 0 Å². The molecule has 0 saturated carbocycles. The Bertz CT molecular complexity index is 508. The molecule has 0 aliphatic carbocycles. The minimum Gasteiger partial charge on any atom is -0.309 e. The highest BCUT2D eigenvalue weighted by molar-refractivity contribution is 7.09. The SMILES string of the molecule is CC(C)NCc1csc(Cc2cccc(F)c2)n1. The van der Waals surface area contributed by atoms with Gasteiger partial charge in [-0.05, 0) is 17.7 Å². The zero-order valence-electron chi connectivity index (χ0n) is 10.6. The van der Waals surface area contributed by atoms with Crippen molar-refractivity contribution in [3.63, 3.8) is 0 Å². The Balaban J connectivity index is 1.98. The van der Waals surface area contributed by atoms with E-state index < -0.39 is 0 Å². The van der Waals surface area contributed by atoms with Crippen LogP contribution in [0.5, 0.6) is 0 Å². The molecular formula is C14H17FN2S. The first kappa shape index (κ1) is 13.2. The van der Waals surface area contributed by atoms with Crippen molar-refractivity contribution in [2.45, 2.75) is 32.9 Å². The van der Waals surface area contributed by atoms with E-state index in [1.165, 1.54) is 6.07 Å². The summed E-state index contributed by atoms with van der Waals surface area (Å²) in [5.74, 6) is -0.189. The number of thiazole rings is 1. The van der Waals surface area contributed by atoms with Crippen molar-refractivity contribution >= 4 is 11.3 Å². The lowest BCUT2D eigenvalue weighted by Crippen LogP contribution is -2.21. The van der Waals surface area contributed by atoms with Crippen molar-refractivity contribution in [1.29, 1.82) is 0 Å². The standard InChI is InChI=1S/C14H17FN2S/c1-10(2)16-8-13-9-18-14(17-13)7-11-4-3-5-12(15)6-11/h3-6,9-10,16H,7-8H2,1-2H3. The molecule has 0 radical (unpaired) electrons. The summed E-state index contributed by atoms with van der Waals surface area (Å²) in [5.41, 5.74) is 2.02. The van der Waals surface area contributed by atoms with Crippen LogP contribution in [-0.2, 0) is 13.0 Å². The van der Waals surface area contributed by atoms with Gasteiger partial charge >= 0.3 is 0 Å². The smallest absolute Gasteiger partial charge is 0.123 e. The fourth-order valence-electron chi connectivity index (χ4n) is 1.64. The van der Waals surface area contributed by atoms with Gasteiger partial charge in [-0.15, -0.1) is 11.3 Å². The molecule has 96 valence electrons. The van der Waals surface area contributed by atoms with Gasteiger partial charge in [0.05, 0.1) is 10.7 Å². The molecule has 0 bridgehead atoms. The third-order valence-corrected chi connectivity index (χ3v) is 3.43. The molecule has 2 nitrogen and oxygen atoms in total. The van der Waals surface area contributed by atoms with Crippen LogP contribution < -0.4 is 5.32 Å². The number of hydrogen-bond donors (Lipinski definition) is 1. The van der Waals surface area contributed by atoms with Crippen LogP contribution in [0.15, 0.2) is 29.6 Å². The van der Waals surface area contributed by atoms with E-state index in [4.69, 9.17) is 0 Å². The Hall–Kier alpha value is -1.26. The van der Waals surface area contributed by atoms with E-state index in [1.807, 2.05) is 6.07 Å². The molecule has 0 saturated heterocycles. The van der Waals surface area contributed by atoms with E-state index in [0.717, 1.165) is 22.8 Å². The van der Waals surface area contributed by atoms with Gasteiger partial charge in [-0.2, -0.15) is 0 Å². The number of hydrogen-bond acceptors (Lipinski definition) is 3. The molecule has 1 aromatic carbocycles. The topological polar surface area (TPSA) is 24.9 Å². The highest BCUT2D eigenvalue weighted by Gasteiger charge is 2.04. The number of halogens is 1. The van der Waals surface area contributed by atoms with E-state index in [1.54, 1.807) is 23.5 Å². The minimum atomic E-state index is -0.189. The maximum absolute atomic E-state index is 13.1. The zero-order valence-corrected chi connectivity index (χ0v) is 11.4. The summed E-state index contributed by atoms with van der Waals surface area (Å²) in [7, 11) is 0. The second-order valence-electron chi connectivity index (χ2n) is 4.57. The molecule has 0 fully saturated rings. The van der Waals surface area contributed by atoms with Gasteiger partial charge in [0.1, 0.15) is 5.82 Å². The second-order valence-corrected chi connectivity index (χ2v) is 5.52. The van der Waals surface area contributed by atoms with Crippen molar-refractivity contribution in [3.05, 3.63) is 51.7 Å². The van der Waals surface area contributed by atoms with Gasteiger partial charge in [0.2, 0.25) is 0 Å². The average molecular weight is 264 g/mol. The Kier molecular flexibility index (Phi) is 4.44. The van der Waals surface area contributed by atoms with Crippen LogP contribution in [0.3, 0.4) is 0 Å². The Labute approximate surface area is 111 Å². The monoisotopic (exact) mass is 264 g/mol. The highest BCUT2D eigenvalue weighted by Crippen LogP contribution is 2.15. The molecular weight excluding hydrogens is 247 g/mol. The number of nitrogens with zero attached hydrogens (tertiary/aromatic N) is 1. The summed E-state index contributed by atoms with van der Waals surface area (Å²) >= 11 is 1.63. The van der Waals surface area contributed by atoms with E-state index >= 15 is 0 Å². The first-order chi connectivity index (χ1) is 8.63. The van der Waals surface area contributed by atoms with Gasteiger partial charge < -0.3 is 5.32 Å². The normalized spacial score (nSPS) is 11.1. The van der Waals surface area contributed by atoms with Crippen molar-refractivity contribution in [1.82, 2.24) is 10.3 Å². The fourth-order valence-corrected chi connectivity index (χ4v) is 2.47. The number of benzene rings is 1. The molecule has 0 atom stereocenters. The summed E-state index contributed by atoms with van der Waals surface area (Å²) in [4.78, 5) is 4.54. The van der Waals surface area contributed by atoms with Crippen molar-refractivity contribution in [2.24, 2.45) is 0 Å². The average Bonchev–Trinajstić information content (AvgIpc) is 2.74. The number of rotatable bonds is 5. The first-order valence-corrected chi connectivity index (χ1v) is 6.92. The lowest BCUT2D eigenvalue weighted by molar-refractivity contribution is 0.582. The van der Waals surface area contributed by atoms with Crippen molar-refractivity contribution in [3.8, 4) is 0 Å². The van der Waals surface area contributed by atoms with E-state index in [-0.39, 0.29) is 5.82 Å². The largest absolute Gasteiger partial charge is 0.309 e. The maximum atomic E-state index is 13.1. The minimum absolute atomic E-state index is 0.189. The number of aromatic nitrogens is 1. The van der Waals surface area contributed by atoms with E-state index in [0.29, 0.717) is 12.5 Å². The molecule has 1 N–H and O–H groups in total. The molecule has 0 spiro atoms. The lowest BCUT2D eigenvalue weighted by atomic mass is 10.1. The number of nitrogens with one attached hydrogen (secondary N) is 1. The predicted octanol–water partition coefficient (Wildman–Crippen LogP) is 3.37. The molecule has 0 aliphatic heterocycles. The fraction of sp³-hybridized carbons (Fsp3) is 0.357. The van der Waals surface area contributed by atoms with Gasteiger partial charge in [-0.1, -0.05) is 26.0 Å². The molecule has 4 heteroatoms. The summed E-state index contributed by atoms with van der Waals surface area (Å²) in [6.45, 7) is 5.01. The molecule has 18 heavy (non-hydrogen) atoms. The van der Waals surface area contributed by atoms with Crippen LogP contribution in [0, 0.1) is 5.82 Å². The summed E-state index contributed by atoms with van der Waals surface area (Å²) in [6, 6.07) is 7.14. The summed E-state index contributed by atoms with van der Waals surface area (Å²) < 4.78 is 13.1. The molecule has 1 heterocycles. The Morgan fingerprint density at radius 3 is 2.94 bits per heavy atom. The zero-order chi connectivity index (χ0) is 13.0. The lowest BCUT2D eigenvalue weighted by Gasteiger charge is -2.04.